The number of hydrogen-bond donors (Lipinski definition) is 0. The number of rotatable bonds is 4. The van der Waals surface area contributed by atoms with Gasteiger partial charge in [-0.05, 0) is 19.4 Å². The molecule has 118 valence electrons. The number of nitrogens with zero attached hydrogens (tertiary/aromatic N) is 6. The van der Waals surface area contributed by atoms with Crippen molar-refractivity contribution in [1.82, 2.24) is 29.4 Å². The van der Waals surface area contributed by atoms with Crippen molar-refractivity contribution in [3.8, 4) is 11.5 Å². The Labute approximate surface area is 138 Å². The molecule has 1 fully saturated rings. The minimum Gasteiger partial charge on any atom is -0.333 e. The van der Waals surface area contributed by atoms with Crippen molar-refractivity contribution in [1.29, 1.82) is 0 Å². The molecule has 6 nitrogen and oxygen atoms in total. The third-order valence-corrected chi connectivity index (χ3v) is 5.05. The van der Waals surface area contributed by atoms with Crippen LogP contribution in [-0.2, 0) is 13.6 Å². The molecule has 23 heavy (non-hydrogen) atoms. The lowest BCUT2D eigenvalue weighted by Gasteiger charge is -2.24. The first-order chi connectivity index (χ1) is 11.3. The van der Waals surface area contributed by atoms with E-state index in [9.17, 15) is 0 Å². The molecule has 1 aliphatic heterocycles. The molecule has 0 spiro atoms. The van der Waals surface area contributed by atoms with Gasteiger partial charge in [0.2, 0.25) is 0 Å². The van der Waals surface area contributed by atoms with Crippen LogP contribution in [0.1, 0.15) is 29.5 Å². The largest absolute Gasteiger partial charge is 0.333 e. The van der Waals surface area contributed by atoms with Gasteiger partial charge in [-0.1, -0.05) is 0 Å². The highest BCUT2D eigenvalue weighted by Crippen LogP contribution is 2.36. The topological polar surface area (TPSA) is 59.7 Å². The van der Waals surface area contributed by atoms with E-state index in [1.54, 1.807) is 29.9 Å². The highest BCUT2D eigenvalue weighted by molar-refractivity contribution is 7.09. The Bertz CT molecular complexity index is 781. The van der Waals surface area contributed by atoms with Crippen LogP contribution in [0.5, 0.6) is 0 Å². The number of imidazole rings is 1. The van der Waals surface area contributed by atoms with E-state index in [1.807, 2.05) is 29.5 Å². The van der Waals surface area contributed by atoms with E-state index >= 15 is 0 Å². The zero-order chi connectivity index (χ0) is 15.6. The Balaban J connectivity index is 1.68. The van der Waals surface area contributed by atoms with E-state index in [4.69, 9.17) is 0 Å². The van der Waals surface area contributed by atoms with Crippen molar-refractivity contribution in [3.63, 3.8) is 0 Å². The number of likely N-dealkylation sites (tertiary alicyclic amines) is 1. The van der Waals surface area contributed by atoms with Crippen molar-refractivity contribution >= 4 is 11.3 Å². The van der Waals surface area contributed by atoms with Crippen LogP contribution in [0.4, 0.5) is 0 Å². The smallest absolute Gasteiger partial charge is 0.160 e. The van der Waals surface area contributed by atoms with Crippen molar-refractivity contribution in [2.24, 2.45) is 7.05 Å². The van der Waals surface area contributed by atoms with E-state index in [0.29, 0.717) is 0 Å². The number of aromatic nitrogens is 5. The first-order valence-corrected chi connectivity index (χ1v) is 8.61. The highest BCUT2D eigenvalue weighted by Gasteiger charge is 2.30. The van der Waals surface area contributed by atoms with E-state index in [-0.39, 0.29) is 6.04 Å². The van der Waals surface area contributed by atoms with Crippen LogP contribution < -0.4 is 0 Å². The number of hydrogen-bond acceptors (Lipinski definition) is 6. The summed E-state index contributed by atoms with van der Waals surface area (Å²) in [6.45, 7) is 2.01. The van der Waals surface area contributed by atoms with E-state index in [1.165, 1.54) is 11.3 Å². The second kappa shape index (κ2) is 6.17. The Morgan fingerprint density at radius 2 is 2.13 bits per heavy atom. The summed E-state index contributed by atoms with van der Waals surface area (Å²) in [6.07, 6.45) is 11.5. The number of thiazole rings is 1. The molecule has 1 saturated heterocycles. The molecule has 1 atom stereocenters. The van der Waals surface area contributed by atoms with Gasteiger partial charge in [0.25, 0.3) is 0 Å². The molecular weight excluding hydrogens is 308 g/mol. The molecule has 0 amide bonds. The molecule has 3 aromatic rings. The van der Waals surface area contributed by atoms with Gasteiger partial charge in [0.15, 0.2) is 5.82 Å². The summed E-state index contributed by atoms with van der Waals surface area (Å²) < 4.78 is 2.00. The third kappa shape index (κ3) is 2.77. The lowest BCUT2D eigenvalue weighted by molar-refractivity contribution is 0.246. The lowest BCUT2D eigenvalue weighted by atomic mass is 10.1. The fourth-order valence-corrected chi connectivity index (χ4v) is 3.82. The summed E-state index contributed by atoms with van der Waals surface area (Å²) in [5.41, 5.74) is 3.81. The van der Waals surface area contributed by atoms with Crippen LogP contribution in [0.3, 0.4) is 0 Å². The van der Waals surface area contributed by atoms with Crippen LogP contribution in [0.15, 0.2) is 36.5 Å². The van der Waals surface area contributed by atoms with Crippen molar-refractivity contribution < 1.29 is 0 Å². The Morgan fingerprint density at radius 3 is 2.91 bits per heavy atom. The first kappa shape index (κ1) is 14.5. The quantitative estimate of drug-likeness (QED) is 0.738. The first-order valence-electron chi connectivity index (χ1n) is 7.73. The molecule has 4 heterocycles. The van der Waals surface area contributed by atoms with Crippen molar-refractivity contribution in [2.45, 2.75) is 25.4 Å². The van der Waals surface area contributed by atoms with E-state index in [2.05, 4.69) is 24.8 Å². The molecule has 1 unspecified atom stereocenters. The molecule has 1 aliphatic rings. The van der Waals surface area contributed by atoms with Gasteiger partial charge in [-0.15, -0.1) is 11.3 Å². The maximum absolute atomic E-state index is 4.67. The second-order valence-corrected chi connectivity index (χ2v) is 6.72. The molecule has 0 bridgehead atoms. The van der Waals surface area contributed by atoms with Gasteiger partial charge in [-0.25, -0.2) is 9.97 Å². The molecule has 0 aromatic carbocycles. The summed E-state index contributed by atoms with van der Waals surface area (Å²) in [4.78, 5) is 21.6. The summed E-state index contributed by atoms with van der Waals surface area (Å²) in [5.74, 6) is 0.873. The average molecular weight is 326 g/mol. The minimum atomic E-state index is 0.289. The van der Waals surface area contributed by atoms with E-state index < -0.39 is 0 Å². The molecule has 0 radical (unpaired) electrons. The summed E-state index contributed by atoms with van der Waals surface area (Å²) >= 11 is 1.71. The van der Waals surface area contributed by atoms with Gasteiger partial charge in [0.05, 0.1) is 17.2 Å². The molecule has 4 rings (SSSR count). The predicted octanol–water partition coefficient (Wildman–Crippen LogP) is 2.67. The minimum absolute atomic E-state index is 0.289. The van der Waals surface area contributed by atoms with Crippen LogP contribution in [0.2, 0.25) is 0 Å². The summed E-state index contributed by atoms with van der Waals surface area (Å²) in [5, 5.41) is 0. The molecule has 0 N–H and O–H groups in total. The maximum atomic E-state index is 4.67. The zero-order valence-corrected chi connectivity index (χ0v) is 13.8. The van der Waals surface area contributed by atoms with Crippen LogP contribution in [-0.4, -0.2) is 35.9 Å². The predicted molar refractivity (Wildman–Crippen MR) is 88.7 cm³/mol. The molecule has 3 aromatic heterocycles. The fraction of sp³-hybridized carbons (Fsp3) is 0.375. The van der Waals surface area contributed by atoms with Crippen molar-refractivity contribution in [3.05, 3.63) is 47.1 Å². The zero-order valence-electron chi connectivity index (χ0n) is 13.0. The molecule has 0 aliphatic carbocycles. The van der Waals surface area contributed by atoms with Gasteiger partial charge >= 0.3 is 0 Å². The monoisotopic (exact) mass is 326 g/mol. The lowest BCUT2D eigenvalue weighted by Crippen LogP contribution is -2.24. The average Bonchev–Trinajstić information content (AvgIpc) is 3.30. The normalized spacial score (nSPS) is 18.6. The SMILES string of the molecule is Cn1ccnc1-c1nccnc1C1CCCN1Cc1cncs1. The van der Waals surface area contributed by atoms with Crippen LogP contribution >= 0.6 is 11.3 Å². The Morgan fingerprint density at radius 1 is 1.22 bits per heavy atom. The maximum Gasteiger partial charge on any atom is 0.160 e. The number of aryl methyl sites for hydroxylation is 1. The molecule has 0 saturated carbocycles. The van der Waals surface area contributed by atoms with Gasteiger partial charge < -0.3 is 4.57 Å². The van der Waals surface area contributed by atoms with Gasteiger partial charge in [0.1, 0.15) is 5.69 Å². The molecular formula is C16H18N6S. The van der Waals surface area contributed by atoms with Gasteiger partial charge in [-0.3, -0.25) is 14.9 Å². The molecule has 7 heteroatoms. The van der Waals surface area contributed by atoms with E-state index in [0.717, 1.165) is 36.7 Å². The van der Waals surface area contributed by atoms with Crippen LogP contribution in [0.25, 0.3) is 11.5 Å². The summed E-state index contributed by atoms with van der Waals surface area (Å²) in [7, 11) is 1.99. The van der Waals surface area contributed by atoms with Gasteiger partial charge in [-0.2, -0.15) is 0 Å². The standard InChI is InChI=1S/C16H18N6S/c1-21-8-6-20-16(21)15-14(18-4-5-19-15)13-3-2-7-22(13)10-12-9-17-11-23-12/h4-6,8-9,11,13H,2-3,7,10H2,1H3. The second-order valence-electron chi connectivity index (χ2n) is 5.75. The Kier molecular flexibility index (Phi) is 3.88. The van der Waals surface area contributed by atoms with Crippen LogP contribution in [0, 0.1) is 0 Å². The third-order valence-electron chi connectivity index (χ3n) is 4.28. The van der Waals surface area contributed by atoms with Gasteiger partial charge in [0, 0.05) is 49.5 Å². The highest BCUT2D eigenvalue weighted by atomic mass is 32.1. The Hall–Kier alpha value is -2.12. The summed E-state index contributed by atoms with van der Waals surface area (Å²) in [6, 6.07) is 0.289. The fourth-order valence-electron chi connectivity index (χ4n) is 3.20. The van der Waals surface area contributed by atoms with Crippen molar-refractivity contribution in [2.75, 3.05) is 6.54 Å².